The molecule has 5 nitrogen and oxygen atoms in total. The van der Waals surface area contributed by atoms with E-state index in [1.807, 2.05) is 24.3 Å². The Bertz CT molecular complexity index is 555. The molecule has 21 heavy (non-hydrogen) atoms. The summed E-state index contributed by atoms with van der Waals surface area (Å²) in [6.45, 7) is 3.58. The molecule has 0 heterocycles. The van der Waals surface area contributed by atoms with Gasteiger partial charge in [-0.05, 0) is 30.4 Å². The van der Waals surface area contributed by atoms with Crippen LogP contribution in [0.5, 0.6) is 0 Å². The van der Waals surface area contributed by atoms with E-state index in [2.05, 4.69) is 11.9 Å². The summed E-state index contributed by atoms with van der Waals surface area (Å²) in [6, 6.07) is 7.90. The summed E-state index contributed by atoms with van der Waals surface area (Å²) < 4.78 is 4.93. The van der Waals surface area contributed by atoms with Crippen LogP contribution in [0.3, 0.4) is 0 Å². The van der Waals surface area contributed by atoms with Crippen LogP contribution in [-0.2, 0) is 22.4 Å². The lowest BCUT2D eigenvalue weighted by molar-refractivity contribution is -0.138. The molecule has 5 heteroatoms. The molecule has 0 fully saturated rings. The largest absolute Gasteiger partial charge is 0.481 e. The van der Waals surface area contributed by atoms with Gasteiger partial charge in [0.1, 0.15) is 6.61 Å². The minimum absolute atomic E-state index is 0.103. The number of carboxylic acids is 1. The van der Waals surface area contributed by atoms with Crippen LogP contribution >= 0.6 is 0 Å². The highest BCUT2D eigenvalue weighted by Crippen LogP contribution is 2.31. The monoisotopic (exact) mass is 289 g/mol. The third kappa shape index (κ3) is 3.84. The Morgan fingerprint density at radius 2 is 2.10 bits per heavy atom. The van der Waals surface area contributed by atoms with Crippen LogP contribution in [0, 0.1) is 0 Å². The van der Waals surface area contributed by atoms with Crippen LogP contribution in [-0.4, -0.2) is 29.3 Å². The molecule has 1 aromatic carbocycles. The van der Waals surface area contributed by atoms with Crippen molar-refractivity contribution in [2.24, 2.45) is 0 Å². The van der Waals surface area contributed by atoms with Gasteiger partial charge in [-0.1, -0.05) is 36.9 Å². The summed E-state index contributed by atoms with van der Waals surface area (Å²) in [5.74, 6) is -0.932. The molecular formula is C16H19NO4. The van der Waals surface area contributed by atoms with Gasteiger partial charge in [0.2, 0.25) is 0 Å². The molecule has 0 saturated heterocycles. The minimum atomic E-state index is -0.932. The van der Waals surface area contributed by atoms with Crippen molar-refractivity contribution in [1.82, 2.24) is 5.32 Å². The molecule has 2 N–H and O–H groups in total. The first-order valence-electron chi connectivity index (χ1n) is 6.89. The lowest BCUT2D eigenvalue weighted by Gasteiger charge is -2.37. The molecular weight excluding hydrogens is 270 g/mol. The summed E-state index contributed by atoms with van der Waals surface area (Å²) in [4.78, 5) is 23.0. The van der Waals surface area contributed by atoms with Crippen LogP contribution in [0.4, 0.5) is 4.79 Å². The second-order valence-electron chi connectivity index (χ2n) is 5.31. The number of hydrogen-bond acceptors (Lipinski definition) is 3. The van der Waals surface area contributed by atoms with Gasteiger partial charge in [0.05, 0.1) is 12.0 Å². The number of carbonyl (C=O) groups excluding carboxylic acids is 1. The fourth-order valence-electron chi connectivity index (χ4n) is 2.78. The zero-order valence-electron chi connectivity index (χ0n) is 11.8. The minimum Gasteiger partial charge on any atom is -0.481 e. The van der Waals surface area contributed by atoms with Crippen molar-refractivity contribution in [2.75, 3.05) is 6.61 Å². The summed E-state index contributed by atoms with van der Waals surface area (Å²) in [6.07, 6.45) is 2.57. The van der Waals surface area contributed by atoms with Gasteiger partial charge >= 0.3 is 12.1 Å². The predicted octanol–water partition coefficient (Wildman–Crippen LogP) is 2.30. The van der Waals surface area contributed by atoms with Gasteiger partial charge in [0.15, 0.2) is 0 Å². The lowest BCUT2D eigenvalue weighted by Crippen LogP contribution is -2.53. The van der Waals surface area contributed by atoms with Crippen LogP contribution in [0.25, 0.3) is 0 Å². The van der Waals surface area contributed by atoms with E-state index in [0.717, 1.165) is 12.0 Å². The number of hydrogen-bond donors (Lipinski definition) is 2. The molecule has 112 valence electrons. The van der Waals surface area contributed by atoms with Gasteiger partial charge in [-0.15, -0.1) is 0 Å². The maximum atomic E-state index is 11.8. The standard InChI is InChI=1S/C16H19NO4/c1-2-9-21-15(20)17-16(11-14(18)19)8-7-12-5-3-4-6-13(12)10-16/h2-6H,1,7-11H2,(H,17,20)(H,18,19). The quantitative estimate of drug-likeness (QED) is 0.816. The Balaban J connectivity index is 2.17. The van der Waals surface area contributed by atoms with Crippen molar-refractivity contribution in [2.45, 2.75) is 31.2 Å². The van der Waals surface area contributed by atoms with E-state index >= 15 is 0 Å². The van der Waals surface area contributed by atoms with E-state index in [-0.39, 0.29) is 13.0 Å². The SMILES string of the molecule is C=CCOC(=O)NC1(CC(=O)O)CCc2ccccc2C1. The fraction of sp³-hybridized carbons (Fsp3) is 0.375. The summed E-state index contributed by atoms with van der Waals surface area (Å²) in [5.41, 5.74) is 1.49. The number of amides is 1. The molecule has 1 aliphatic rings. The Hall–Kier alpha value is -2.30. The summed E-state index contributed by atoms with van der Waals surface area (Å²) >= 11 is 0. The van der Waals surface area contributed by atoms with Crippen molar-refractivity contribution in [3.05, 3.63) is 48.0 Å². The number of carbonyl (C=O) groups is 2. The normalized spacial score (nSPS) is 20.2. The van der Waals surface area contributed by atoms with E-state index in [9.17, 15) is 9.59 Å². The van der Waals surface area contributed by atoms with E-state index < -0.39 is 17.6 Å². The topological polar surface area (TPSA) is 75.6 Å². The number of aliphatic carboxylic acids is 1. The molecule has 0 spiro atoms. The lowest BCUT2D eigenvalue weighted by atomic mass is 9.76. The molecule has 1 atom stereocenters. The average Bonchev–Trinajstić information content (AvgIpc) is 2.44. The second kappa shape index (κ2) is 6.43. The van der Waals surface area contributed by atoms with Gasteiger partial charge < -0.3 is 15.2 Å². The van der Waals surface area contributed by atoms with Crippen LogP contribution < -0.4 is 5.32 Å². The second-order valence-corrected chi connectivity index (χ2v) is 5.31. The van der Waals surface area contributed by atoms with E-state index in [4.69, 9.17) is 9.84 Å². The highest BCUT2D eigenvalue weighted by Gasteiger charge is 2.38. The molecule has 0 aromatic heterocycles. The molecule has 1 aromatic rings. The van der Waals surface area contributed by atoms with E-state index in [1.54, 1.807) is 0 Å². The predicted molar refractivity (Wildman–Crippen MR) is 78.1 cm³/mol. The van der Waals surface area contributed by atoms with Crippen molar-refractivity contribution in [1.29, 1.82) is 0 Å². The van der Waals surface area contributed by atoms with Crippen LogP contribution in [0.15, 0.2) is 36.9 Å². The first-order valence-corrected chi connectivity index (χ1v) is 6.89. The Morgan fingerprint density at radius 3 is 2.76 bits per heavy atom. The molecule has 0 aliphatic heterocycles. The van der Waals surface area contributed by atoms with Crippen molar-refractivity contribution >= 4 is 12.1 Å². The third-order valence-electron chi connectivity index (χ3n) is 3.71. The Kier molecular flexibility index (Phi) is 4.62. The smallest absolute Gasteiger partial charge is 0.407 e. The van der Waals surface area contributed by atoms with E-state index in [1.165, 1.54) is 11.6 Å². The maximum Gasteiger partial charge on any atom is 0.407 e. The zero-order valence-corrected chi connectivity index (χ0v) is 11.8. The van der Waals surface area contributed by atoms with Gasteiger partial charge in [-0.25, -0.2) is 4.79 Å². The number of fused-ring (bicyclic) bond motifs is 1. The molecule has 1 aliphatic carbocycles. The summed E-state index contributed by atoms with van der Waals surface area (Å²) in [5, 5.41) is 11.9. The number of ether oxygens (including phenoxy) is 1. The van der Waals surface area contributed by atoms with Crippen molar-refractivity contribution in [3.8, 4) is 0 Å². The Labute approximate surface area is 123 Å². The third-order valence-corrected chi connectivity index (χ3v) is 3.71. The van der Waals surface area contributed by atoms with Gasteiger partial charge in [-0.2, -0.15) is 0 Å². The molecule has 0 saturated carbocycles. The maximum absolute atomic E-state index is 11.8. The van der Waals surface area contributed by atoms with Crippen molar-refractivity contribution in [3.63, 3.8) is 0 Å². The summed E-state index contributed by atoms with van der Waals surface area (Å²) in [7, 11) is 0. The number of nitrogens with one attached hydrogen (secondary N) is 1. The molecule has 1 amide bonds. The van der Waals surface area contributed by atoms with Crippen LogP contribution in [0.1, 0.15) is 24.0 Å². The Morgan fingerprint density at radius 1 is 1.38 bits per heavy atom. The zero-order chi connectivity index (χ0) is 15.3. The molecule has 0 bridgehead atoms. The molecule has 1 unspecified atom stereocenters. The first kappa shape index (κ1) is 15.1. The first-order chi connectivity index (χ1) is 10.0. The highest BCUT2D eigenvalue weighted by molar-refractivity contribution is 5.73. The average molecular weight is 289 g/mol. The van der Waals surface area contributed by atoms with Gasteiger partial charge in [0, 0.05) is 0 Å². The number of benzene rings is 1. The van der Waals surface area contributed by atoms with Crippen molar-refractivity contribution < 1.29 is 19.4 Å². The number of rotatable bonds is 5. The fourth-order valence-corrected chi connectivity index (χ4v) is 2.78. The van der Waals surface area contributed by atoms with Gasteiger partial charge in [0.25, 0.3) is 0 Å². The van der Waals surface area contributed by atoms with Crippen LogP contribution in [0.2, 0.25) is 0 Å². The molecule has 2 rings (SSSR count). The number of alkyl carbamates (subject to hydrolysis) is 1. The number of carboxylic acid groups (broad SMARTS) is 1. The van der Waals surface area contributed by atoms with E-state index in [0.29, 0.717) is 12.8 Å². The van der Waals surface area contributed by atoms with Gasteiger partial charge in [-0.3, -0.25) is 4.79 Å². The number of aryl methyl sites for hydroxylation is 1. The molecule has 0 radical (unpaired) electrons. The highest BCUT2D eigenvalue weighted by atomic mass is 16.5.